The highest BCUT2D eigenvalue weighted by atomic mass is 127. The summed E-state index contributed by atoms with van der Waals surface area (Å²) in [7, 11) is 1.77. The van der Waals surface area contributed by atoms with Gasteiger partial charge in [-0.2, -0.15) is 0 Å². The average molecular weight is 497 g/mol. The highest BCUT2D eigenvalue weighted by molar-refractivity contribution is 14.0. The standard InChI is InChI=1S/C18H35N5O3.HI/c1-13(23-7-8-25-12-14(23)2)9-20-16(19-6)21-15-10-22(11-15)17(24)26-18(3,4)5;/h13-15H,7-12H2,1-6H3,(H2,19,20,21);1H. The summed E-state index contributed by atoms with van der Waals surface area (Å²) in [6, 6.07) is 1.03. The van der Waals surface area contributed by atoms with Gasteiger partial charge < -0.3 is 25.0 Å². The van der Waals surface area contributed by atoms with E-state index in [1.165, 1.54) is 0 Å². The minimum atomic E-state index is -0.458. The van der Waals surface area contributed by atoms with E-state index in [1.807, 2.05) is 20.8 Å². The molecule has 2 atom stereocenters. The fourth-order valence-electron chi connectivity index (χ4n) is 3.19. The van der Waals surface area contributed by atoms with Crippen molar-refractivity contribution in [2.45, 2.75) is 58.3 Å². The summed E-state index contributed by atoms with van der Waals surface area (Å²) in [5, 5.41) is 6.76. The molecule has 2 aliphatic rings. The van der Waals surface area contributed by atoms with Crippen LogP contribution in [0.4, 0.5) is 4.79 Å². The number of carbonyl (C=O) groups is 1. The van der Waals surface area contributed by atoms with Gasteiger partial charge in [-0.15, -0.1) is 24.0 Å². The number of likely N-dealkylation sites (tertiary alicyclic amines) is 1. The Kier molecular flexibility index (Phi) is 9.56. The molecule has 2 aliphatic heterocycles. The number of hydrogen-bond acceptors (Lipinski definition) is 5. The van der Waals surface area contributed by atoms with Crippen LogP contribution in [0.3, 0.4) is 0 Å². The van der Waals surface area contributed by atoms with E-state index < -0.39 is 5.60 Å². The first kappa shape index (κ1) is 24.2. The number of guanidine groups is 1. The molecular formula is C18H36IN5O3. The lowest BCUT2D eigenvalue weighted by atomic mass is 10.1. The summed E-state index contributed by atoms with van der Waals surface area (Å²) < 4.78 is 10.9. The molecule has 0 spiro atoms. The number of nitrogens with one attached hydrogen (secondary N) is 2. The predicted molar refractivity (Wildman–Crippen MR) is 118 cm³/mol. The molecule has 158 valence electrons. The van der Waals surface area contributed by atoms with Crippen molar-refractivity contribution in [1.82, 2.24) is 20.4 Å². The van der Waals surface area contributed by atoms with Crippen LogP contribution in [0, 0.1) is 0 Å². The zero-order chi connectivity index (χ0) is 19.3. The molecule has 2 heterocycles. The lowest BCUT2D eigenvalue weighted by Crippen LogP contribution is -2.63. The summed E-state index contributed by atoms with van der Waals surface area (Å²) in [5.74, 6) is 0.770. The summed E-state index contributed by atoms with van der Waals surface area (Å²) in [6.45, 7) is 14.7. The van der Waals surface area contributed by atoms with E-state index in [4.69, 9.17) is 9.47 Å². The third kappa shape index (κ3) is 7.61. The zero-order valence-electron chi connectivity index (χ0n) is 17.4. The van der Waals surface area contributed by atoms with E-state index in [0.717, 1.165) is 32.3 Å². The van der Waals surface area contributed by atoms with E-state index in [1.54, 1.807) is 11.9 Å². The number of hydrogen-bond donors (Lipinski definition) is 2. The van der Waals surface area contributed by atoms with Gasteiger partial charge in [-0.25, -0.2) is 4.79 Å². The third-order valence-corrected chi connectivity index (χ3v) is 4.65. The smallest absolute Gasteiger partial charge is 0.410 e. The van der Waals surface area contributed by atoms with Crippen LogP contribution in [0.1, 0.15) is 34.6 Å². The van der Waals surface area contributed by atoms with Crippen LogP contribution in [0.25, 0.3) is 0 Å². The topological polar surface area (TPSA) is 78.4 Å². The SMILES string of the molecule is CN=C(NCC(C)N1CCOCC1C)NC1CN(C(=O)OC(C)(C)C)C1.I. The monoisotopic (exact) mass is 497 g/mol. The Bertz CT molecular complexity index is 506. The zero-order valence-corrected chi connectivity index (χ0v) is 19.8. The van der Waals surface area contributed by atoms with Crippen LogP contribution in [-0.4, -0.2) is 92.0 Å². The molecule has 2 unspecified atom stereocenters. The van der Waals surface area contributed by atoms with E-state index in [2.05, 4.69) is 34.4 Å². The van der Waals surface area contributed by atoms with Crippen molar-refractivity contribution in [1.29, 1.82) is 0 Å². The molecular weight excluding hydrogens is 461 g/mol. The minimum Gasteiger partial charge on any atom is -0.444 e. The van der Waals surface area contributed by atoms with Gasteiger partial charge in [0.2, 0.25) is 0 Å². The first-order chi connectivity index (χ1) is 12.2. The van der Waals surface area contributed by atoms with Crippen molar-refractivity contribution in [2.24, 2.45) is 4.99 Å². The Morgan fingerprint density at radius 3 is 2.59 bits per heavy atom. The number of morpholine rings is 1. The number of aliphatic imine (C=N–C) groups is 1. The Labute approximate surface area is 180 Å². The fraction of sp³-hybridized carbons (Fsp3) is 0.889. The first-order valence-corrected chi connectivity index (χ1v) is 9.48. The highest BCUT2D eigenvalue weighted by Crippen LogP contribution is 2.15. The van der Waals surface area contributed by atoms with Gasteiger partial charge >= 0.3 is 6.09 Å². The van der Waals surface area contributed by atoms with E-state index in [-0.39, 0.29) is 36.1 Å². The summed E-state index contributed by atoms with van der Waals surface area (Å²) in [6.07, 6.45) is -0.256. The number of rotatable bonds is 4. The second-order valence-corrected chi connectivity index (χ2v) is 8.19. The molecule has 0 radical (unpaired) electrons. The van der Waals surface area contributed by atoms with Crippen LogP contribution in [0.15, 0.2) is 4.99 Å². The van der Waals surface area contributed by atoms with Gasteiger partial charge in [-0.1, -0.05) is 0 Å². The van der Waals surface area contributed by atoms with Gasteiger partial charge in [0.25, 0.3) is 0 Å². The molecule has 0 aliphatic carbocycles. The second-order valence-electron chi connectivity index (χ2n) is 8.19. The molecule has 0 saturated carbocycles. The Morgan fingerprint density at radius 1 is 1.37 bits per heavy atom. The van der Waals surface area contributed by atoms with Gasteiger partial charge in [0.05, 0.1) is 19.3 Å². The molecule has 9 heteroatoms. The van der Waals surface area contributed by atoms with Crippen molar-refractivity contribution >= 4 is 36.0 Å². The Morgan fingerprint density at radius 2 is 2.04 bits per heavy atom. The van der Waals surface area contributed by atoms with E-state index in [9.17, 15) is 4.79 Å². The maximum Gasteiger partial charge on any atom is 0.410 e. The van der Waals surface area contributed by atoms with Gasteiger partial charge in [0, 0.05) is 45.3 Å². The summed E-state index contributed by atoms with van der Waals surface area (Å²) >= 11 is 0. The average Bonchev–Trinajstić information content (AvgIpc) is 2.51. The lowest BCUT2D eigenvalue weighted by Gasteiger charge is -2.41. The first-order valence-electron chi connectivity index (χ1n) is 9.48. The minimum absolute atomic E-state index is 0. The maximum absolute atomic E-state index is 12.0. The molecule has 2 saturated heterocycles. The van der Waals surface area contributed by atoms with Crippen molar-refractivity contribution in [2.75, 3.05) is 46.4 Å². The van der Waals surface area contributed by atoms with Gasteiger partial charge in [-0.05, 0) is 34.6 Å². The molecule has 1 amide bonds. The van der Waals surface area contributed by atoms with Gasteiger partial charge in [-0.3, -0.25) is 9.89 Å². The molecule has 2 rings (SSSR count). The number of nitrogens with zero attached hydrogens (tertiary/aromatic N) is 3. The molecule has 0 aromatic rings. The Balaban J connectivity index is 0.00000364. The van der Waals surface area contributed by atoms with Gasteiger partial charge in [0.15, 0.2) is 5.96 Å². The molecule has 2 N–H and O–H groups in total. The number of carbonyl (C=O) groups excluding carboxylic acids is 1. The number of halogens is 1. The predicted octanol–water partition coefficient (Wildman–Crippen LogP) is 1.50. The van der Waals surface area contributed by atoms with Crippen molar-refractivity contribution < 1.29 is 14.3 Å². The largest absolute Gasteiger partial charge is 0.444 e. The van der Waals surface area contributed by atoms with Crippen molar-refractivity contribution in [3.05, 3.63) is 0 Å². The molecule has 2 fully saturated rings. The van der Waals surface area contributed by atoms with Crippen LogP contribution in [0.2, 0.25) is 0 Å². The second kappa shape index (κ2) is 10.7. The highest BCUT2D eigenvalue weighted by Gasteiger charge is 2.34. The van der Waals surface area contributed by atoms with E-state index in [0.29, 0.717) is 25.2 Å². The molecule has 0 aromatic carbocycles. The molecule has 27 heavy (non-hydrogen) atoms. The third-order valence-electron chi connectivity index (χ3n) is 4.65. The molecule has 0 bridgehead atoms. The number of amides is 1. The Hall–Kier alpha value is -0.810. The molecule has 8 nitrogen and oxygen atoms in total. The lowest BCUT2D eigenvalue weighted by molar-refractivity contribution is -0.0174. The molecule has 0 aromatic heterocycles. The van der Waals surface area contributed by atoms with Crippen LogP contribution in [-0.2, 0) is 9.47 Å². The van der Waals surface area contributed by atoms with Crippen LogP contribution >= 0.6 is 24.0 Å². The number of ether oxygens (including phenoxy) is 2. The van der Waals surface area contributed by atoms with Crippen LogP contribution in [0.5, 0.6) is 0 Å². The summed E-state index contributed by atoms with van der Waals surface area (Å²) in [5.41, 5.74) is -0.458. The van der Waals surface area contributed by atoms with Crippen LogP contribution < -0.4 is 10.6 Å². The fourth-order valence-corrected chi connectivity index (χ4v) is 3.19. The normalized spacial score (nSPS) is 23.1. The summed E-state index contributed by atoms with van der Waals surface area (Å²) in [4.78, 5) is 20.4. The maximum atomic E-state index is 12.0. The van der Waals surface area contributed by atoms with Crippen molar-refractivity contribution in [3.63, 3.8) is 0 Å². The quantitative estimate of drug-likeness (QED) is 0.348. The van der Waals surface area contributed by atoms with E-state index >= 15 is 0 Å². The van der Waals surface area contributed by atoms with Crippen molar-refractivity contribution in [3.8, 4) is 0 Å². The van der Waals surface area contributed by atoms with Gasteiger partial charge in [0.1, 0.15) is 5.60 Å².